The lowest BCUT2D eigenvalue weighted by atomic mass is 10.1. The minimum absolute atomic E-state index is 0.238. The van der Waals surface area contributed by atoms with Crippen LogP contribution in [0.25, 0.3) is 11.0 Å². The average Bonchev–Trinajstić information content (AvgIpc) is 2.88. The molecule has 5 heteroatoms. The molecule has 0 atom stereocenters. The third kappa shape index (κ3) is 2.28. The van der Waals surface area contributed by atoms with Crippen molar-refractivity contribution in [2.24, 2.45) is 0 Å². The molecule has 0 aliphatic carbocycles. The van der Waals surface area contributed by atoms with E-state index in [1.807, 2.05) is 12.1 Å². The summed E-state index contributed by atoms with van der Waals surface area (Å²) in [5.41, 5.74) is 8.13. The highest BCUT2D eigenvalue weighted by molar-refractivity contribution is 9.10. The van der Waals surface area contributed by atoms with Crippen molar-refractivity contribution in [1.29, 1.82) is 0 Å². The molecular formula is C15H11BrN2O2. The molecule has 2 aromatic carbocycles. The molecule has 0 saturated heterocycles. The van der Waals surface area contributed by atoms with Crippen molar-refractivity contribution in [3.8, 4) is 0 Å². The van der Waals surface area contributed by atoms with E-state index in [1.54, 1.807) is 36.6 Å². The van der Waals surface area contributed by atoms with E-state index in [4.69, 9.17) is 10.2 Å². The van der Waals surface area contributed by atoms with Crippen molar-refractivity contribution in [1.82, 2.24) is 0 Å². The fourth-order valence-electron chi connectivity index (χ4n) is 2.01. The molecule has 20 heavy (non-hydrogen) atoms. The van der Waals surface area contributed by atoms with Crippen LogP contribution in [-0.4, -0.2) is 5.91 Å². The first-order chi connectivity index (χ1) is 9.65. The van der Waals surface area contributed by atoms with Gasteiger partial charge >= 0.3 is 0 Å². The van der Waals surface area contributed by atoms with Gasteiger partial charge in [0, 0.05) is 16.8 Å². The minimum Gasteiger partial charge on any atom is -0.463 e. The van der Waals surface area contributed by atoms with E-state index in [-0.39, 0.29) is 5.91 Å². The number of anilines is 2. The molecule has 0 radical (unpaired) electrons. The van der Waals surface area contributed by atoms with Crippen LogP contribution in [0.15, 0.2) is 57.6 Å². The number of nitrogen functional groups attached to an aromatic ring is 1. The maximum atomic E-state index is 12.2. The largest absolute Gasteiger partial charge is 0.463 e. The number of amides is 1. The van der Waals surface area contributed by atoms with Crippen LogP contribution >= 0.6 is 15.9 Å². The summed E-state index contributed by atoms with van der Waals surface area (Å²) in [4.78, 5) is 12.2. The van der Waals surface area contributed by atoms with Gasteiger partial charge in [-0.05, 0) is 46.3 Å². The van der Waals surface area contributed by atoms with E-state index >= 15 is 0 Å². The van der Waals surface area contributed by atoms with E-state index < -0.39 is 0 Å². The Kier molecular flexibility index (Phi) is 3.20. The predicted octanol–water partition coefficient (Wildman–Crippen LogP) is 4.03. The molecular weight excluding hydrogens is 320 g/mol. The lowest BCUT2D eigenvalue weighted by Gasteiger charge is -2.08. The van der Waals surface area contributed by atoms with Gasteiger partial charge in [-0.25, -0.2) is 0 Å². The van der Waals surface area contributed by atoms with Gasteiger partial charge in [0.2, 0.25) is 0 Å². The van der Waals surface area contributed by atoms with Crippen molar-refractivity contribution in [2.75, 3.05) is 11.1 Å². The Bertz CT molecular complexity index is 795. The van der Waals surface area contributed by atoms with E-state index in [1.165, 1.54) is 0 Å². The summed E-state index contributed by atoms with van der Waals surface area (Å²) in [6, 6.07) is 12.4. The standard InChI is InChI=1S/C15H11BrN2O2/c16-12-8-10(7-9-5-6-20-14(9)12)18-15(19)11-3-1-2-4-13(11)17/h1-8H,17H2,(H,18,19). The molecule has 0 aliphatic heterocycles. The SMILES string of the molecule is Nc1ccccc1C(=O)Nc1cc(Br)c2occc2c1. The molecule has 3 aromatic rings. The normalized spacial score (nSPS) is 10.7. The third-order valence-corrected chi connectivity index (χ3v) is 3.56. The van der Waals surface area contributed by atoms with E-state index in [0.29, 0.717) is 16.9 Å². The fourth-order valence-corrected chi connectivity index (χ4v) is 2.58. The van der Waals surface area contributed by atoms with Crippen LogP contribution in [0.3, 0.4) is 0 Å². The number of halogens is 1. The number of hydrogen-bond donors (Lipinski definition) is 2. The second-order valence-electron chi connectivity index (χ2n) is 4.34. The number of furan rings is 1. The van der Waals surface area contributed by atoms with Gasteiger partial charge in [0.05, 0.1) is 16.3 Å². The molecule has 0 spiro atoms. The van der Waals surface area contributed by atoms with Gasteiger partial charge in [0.15, 0.2) is 0 Å². The summed E-state index contributed by atoms with van der Waals surface area (Å²) in [7, 11) is 0. The van der Waals surface area contributed by atoms with Gasteiger partial charge in [-0.1, -0.05) is 12.1 Å². The average molecular weight is 331 g/mol. The Labute approximate surface area is 123 Å². The van der Waals surface area contributed by atoms with Gasteiger partial charge in [0.1, 0.15) is 5.58 Å². The molecule has 3 rings (SSSR count). The highest BCUT2D eigenvalue weighted by Crippen LogP contribution is 2.29. The van der Waals surface area contributed by atoms with Crippen LogP contribution in [0.5, 0.6) is 0 Å². The lowest BCUT2D eigenvalue weighted by molar-refractivity contribution is 0.102. The zero-order chi connectivity index (χ0) is 14.1. The molecule has 0 unspecified atom stereocenters. The molecule has 0 saturated carbocycles. The summed E-state index contributed by atoms with van der Waals surface area (Å²) in [5.74, 6) is -0.238. The Morgan fingerprint density at radius 3 is 2.80 bits per heavy atom. The number of benzene rings is 2. The lowest BCUT2D eigenvalue weighted by Crippen LogP contribution is -2.13. The van der Waals surface area contributed by atoms with Crippen molar-refractivity contribution in [3.63, 3.8) is 0 Å². The Balaban J connectivity index is 1.93. The smallest absolute Gasteiger partial charge is 0.257 e. The number of rotatable bonds is 2. The number of para-hydroxylation sites is 1. The Morgan fingerprint density at radius 1 is 1.20 bits per heavy atom. The van der Waals surface area contributed by atoms with Crippen molar-refractivity contribution >= 4 is 44.2 Å². The van der Waals surface area contributed by atoms with Crippen LogP contribution < -0.4 is 11.1 Å². The van der Waals surface area contributed by atoms with Crippen LogP contribution in [0.4, 0.5) is 11.4 Å². The van der Waals surface area contributed by atoms with Gasteiger partial charge < -0.3 is 15.5 Å². The number of nitrogens with one attached hydrogen (secondary N) is 1. The molecule has 4 nitrogen and oxygen atoms in total. The summed E-state index contributed by atoms with van der Waals surface area (Å²) in [6.45, 7) is 0. The van der Waals surface area contributed by atoms with E-state index in [0.717, 1.165) is 15.4 Å². The zero-order valence-electron chi connectivity index (χ0n) is 10.4. The predicted molar refractivity (Wildman–Crippen MR) is 82.7 cm³/mol. The van der Waals surface area contributed by atoms with Crippen molar-refractivity contribution < 1.29 is 9.21 Å². The van der Waals surface area contributed by atoms with Crippen molar-refractivity contribution in [2.45, 2.75) is 0 Å². The molecule has 1 heterocycles. The number of hydrogen-bond acceptors (Lipinski definition) is 3. The van der Waals surface area contributed by atoms with Gasteiger partial charge in [-0.3, -0.25) is 4.79 Å². The monoisotopic (exact) mass is 330 g/mol. The summed E-state index contributed by atoms with van der Waals surface area (Å²) in [5, 5.41) is 3.74. The third-order valence-electron chi connectivity index (χ3n) is 2.97. The Hall–Kier alpha value is -2.27. The van der Waals surface area contributed by atoms with Crippen LogP contribution in [0.2, 0.25) is 0 Å². The molecule has 1 amide bonds. The summed E-state index contributed by atoms with van der Waals surface area (Å²) < 4.78 is 6.12. The van der Waals surface area contributed by atoms with Gasteiger partial charge in [-0.15, -0.1) is 0 Å². The number of carbonyl (C=O) groups is 1. The molecule has 0 bridgehead atoms. The summed E-state index contributed by atoms with van der Waals surface area (Å²) >= 11 is 3.42. The van der Waals surface area contributed by atoms with Crippen LogP contribution in [0, 0.1) is 0 Å². The molecule has 1 aromatic heterocycles. The van der Waals surface area contributed by atoms with Crippen LogP contribution in [-0.2, 0) is 0 Å². The first-order valence-electron chi connectivity index (χ1n) is 5.98. The van der Waals surface area contributed by atoms with Crippen molar-refractivity contribution in [3.05, 3.63) is 58.8 Å². The van der Waals surface area contributed by atoms with E-state index in [9.17, 15) is 4.79 Å². The number of nitrogens with two attached hydrogens (primary N) is 1. The second kappa shape index (κ2) is 5.02. The van der Waals surface area contributed by atoms with Gasteiger partial charge in [0.25, 0.3) is 5.91 Å². The maximum Gasteiger partial charge on any atom is 0.257 e. The van der Waals surface area contributed by atoms with Crippen LogP contribution in [0.1, 0.15) is 10.4 Å². The van der Waals surface area contributed by atoms with E-state index in [2.05, 4.69) is 21.2 Å². The highest BCUT2D eigenvalue weighted by atomic mass is 79.9. The maximum absolute atomic E-state index is 12.2. The zero-order valence-corrected chi connectivity index (χ0v) is 12.0. The Morgan fingerprint density at radius 2 is 2.00 bits per heavy atom. The number of carbonyl (C=O) groups excluding carboxylic acids is 1. The second-order valence-corrected chi connectivity index (χ2v) is 5.19. The highest BCUT2D eigenvalue weighted by Gasteiger charge is 2.11. The first kappa shape index (κ1) is 12.7. The quantitative estimate of drug-likeness (QED) is 0.697. The number of fused-ring (bicyclic) bond motifs is 1. The fraction of sp³-hybridized carbons (Fsp3) is 0. The first-order valence-corrected chi connectivity index (χ1v) is 6.77. The molecule has 100 valence electrons. The van der Waals surface area contributed by atoms with Gasteiger partial charge in [-0.2, -0.15) is 0 Å². The minimum atomic E-state index is -0.238. The summed E-state index contributed by atoms with van der Waals surface area (Å²) in [6.07, 6.45) is 1.61. The topological polar surface area (TPSA) is 68.3 Å². The molecule has 0 aliphatic rings. The molecule has 3 N–H and O–H groups in total. The molecule has 0 fully saturated rings.